The third-order valence-electron chi connectivity index (χ3n) is 0.842. The first kappa shape index (κ1) is 6.48. The smallest absolute Gasteiger partial charge is 0.139 e. The average molecular weight is 190 g/mol. The first-order chi connectivity index (χ1) is 4.33. The van der Waals surface area contributed by atoms with Crippen molar-refractivity contribution < 1.29 is 4.42 Å². The van der Waals surface area contributed by atoms with Crippen LogP contribution in [0.5, 0.6) is 0 Å². The first-order valence-corrected chi connectivity index (χ1v) is 3.14. The van der Waals surface area contributed by atoms with Gasteiger partial charge in [-0.05, 0) is 22.0 Å². The second-order valence-corrected chi connectivity index (χ2v) is 2.43. The second-order valence-electron chi connectivity index (χ2n) is 1.52. The van der Waals surface area contributed by atoms with Crippen LogP contribution < -0.4 is 0 Å². The van der Waals surface area contributed by atoms with Crippen LogP contribution in [-0.4, -0.2) is 0 Å². The van der Waals surface area contributed by atoms with Crippen molar-refractivity contribution >= 4 is 15.9 Å². The highest BCUT2D eigenvalue weighted by molar-refractivity contribution is 9.10. The monoisotopic (exact) mass is 189 g/mol. The zero-order valence-electron chi connectivity index (χ0n) is 4.50. The van der Waals surface area contributed by atoms with Gasteiger partial charge in [0.15, 0.2) is 0 Å². The van der Waals surface area contributed by atoms with Crippen molar-refractivity contribution in [3.8, 4) is 0 Å². The summed E-state index contributed by atoms with van der Waals surface area (Å²) < 4.78 is 5.70. The number of nitroso groups, excluding NO2 is 1. The predicted molar refractivity (Wildman–Crippen MR) is 35.9 cm³/mol. The molecule has 0 fully saturated rings. The Morgan fingerprint density at radius 3 is 3.00 bits per heavy atom. The van der Waals surface area contributed by atoms with Crippen molar-refractivity contribution in [2.75, 3.05) is 0 Å². The van der Waals surface area contributed by atoms with E-state index in [1.165, 1.54) is 6.26 Å². The van der Waals surface area contributed by atoms with Crippen LogP contribution in [0.15, 0.2) is 26.4 Å². The molecule has 0 radical (unpaired) electrons. The Hall–Kier alpha value is -0.640. The van der Waals surface area contributed by atoms with E-state index in [0.717, 1.165) is 4.47 Å². The standard InChI is InChI=1S/C5H4BrNO2/c6-4-1-5(2-7-8)9-3-4/h1,3H,2H2. The third-order valence-corrected chi connectivity index (χ3v) is 1.26. The van der Waals surface area contributed by atoms with E-state index in [-0.39, 0.29) is 6.54 Å². The van der Waals surface area contributed by atoms with E-state index in [1.807, 2.05) is 0 Å². The molecule has 1 rings (SSSR count). The minimum atomic E-state index is 0.103. The Labute approximate surface area is 60.2 Å². The van der Waals surface area contributed by atoms with Crippen LogP contribution in [-0.2, 0) is 6.54 Å². The van der Waals surface area contributed by atoms with Gasteiger partial charge in [-0.3, -0.25) is 0 Å². The summed E-state index contributed by atoms with van der Waals surface area (Å²) in [5.74, 6) is 0.580. The number of rotatable bonds is 2. The molecule has 0 aliphatic rings. The highest BCUT2D eigenvalue weighted by Crippen LogP contribution is 2.14. The Morgan fingerprint density at radius 1 is 1.78 bits per heavy atom. The number of hydrogen-bond acceptors (Lipinski definition) is 3. The van der Waals surface area contributed by atoms with Crippen LogP contribution >= 0.6 is 15.9 Å². The second kappa shape index (κ2) is 2.77. The lowest BCUT2D eigenvalue weighted by atomic mass is 10.5. The van der Waals surface area contributed by atoms with Gasteiger partial charge < -0.3 is 4.42 Å². The summed E-state index contributed by atoms with van der Waals surface area (Å²) in [4.78, 5) is 9.66. The Morgan fingerprint density at radius 2 is 2.56 bits per heavy atom. The molecule has 3 nitrogen and oxygen atoms in total. The van der Waals surface area contributed by atoms with Crippen molar-refractivity contribution in [3.63, 3.8) is 0 Å². The lowest BCUT2D eigenvalue weighted by molar-refractivity contribution is 0.511. The minimum absolute atomic E-state index is 0.103. The van der Waals surface area contributed by atoms with Gasteiger partial charge in [-0.15, -0.1) is 0 Å². The molecule has 0 aliphatic carbocycles. The van der Waals surface area contributed by atoms with Crippen molar-refractivity contribution in [2.24, 2.45) is 5.18 Å². The maximum Gasteiger partial charge on any atom is 0.139 e. The molecule has 0 unspecified atom stereocenters. The van der Waals surface area contributed by atoms with E-state index >= 15 is 0 Å². The predicted octanol–water partition coefficient (Wildman–Crippen LogP) is 2.31. The fourth-order valence-electron chi connectivity index (χ4n) is 0.500. The summed E-state index contributed by atoms with van der Waals surface area (Å²) in [6.07, 6.45) is 1.51. The molecule has 0 amide bonds. The van der Waals surface area contributed by atoms with E-state index in [4.69, 9.17) is 4.42 Å². The molecule has 48 valence electrons. The summed E-state index contributed by atoms with van der Waals surface area (Å²) in [5, 5.41) is 2.65. The van der Waals surface area contributed by atoms with Gasteiger partial charge in [0, 0.05) is 0 Å². The van der Waals surface area contributed by atoms with Crippen LogP contribution in [0.1, 0.15) is 5.76 Å². The molecule has 0 aliphatic heterocycles. The van der Waals surface area contributed by atoms with Crippen molar-refractivity contribution in [1.82, 2.24) is 0 Å². The summed E-state index contributed by atoms with van der Waals surface area (Å²) in [6, 6.07) is 1.71. The molecule has 0 spiro atoms. The lowest BCUT2D eigenvalue weighted by Crippen LogP contribution is -1.69. The van der Waals surface area contributed by atoms with Crippen molar-refractivity contribution in [3.05, 3.63) is 27.5 Å². The van der Waals surface area contributed by atoms with E-state index in [9.17, 15) is 4.91 Å². The van der Waals surface area contributed by atoms with Gasteiger partial charge in [0.25, 0.3) is 0 Å². The molecular formula is C5H4BrNO2. The quantitative estimate of drug-likeness (QED) is 0.671. The molecule has 0 atom stereocenters. The fraction of sp³-hybridized carbons (Fsp3) is 0.200. The van der Waals surface area contributed by atoms with Crippen LogP contribution in [0.4, 0.5) is 0 Å². The number of nitrogens with zero attached hydrogens (tertiary/aromatic N) is 1. The fourth-order valence-corrected chi connectivity index (χ4v) is 0.849. The van der Waals surface area contributed by atoms with Gasteiger partial charge in [-0.25, -0.2) is 0 Å². The number of furan rings is 1. The zero-order valence-corrected chi connectivity index (χ0v) is 6.09. The molecule has 0 saturated heterocycles. The summed E-state index contributed by atoms with van der Waals surface area (Å²) in [7, 11) is 0. The molecule has 1 heterocycles. The van der Waals surface area contributed by atoms with Gasteiger partial charge in [0.05, 0.1) is 4.47 Å². The van der Waals surface area contributed by atoms with Crippen LogP contribution in [0.2, 0.25) is 0 Å². The van der Waals surface area contributed by atoms with Crippen molar-refractivity contribution in [2.45, 2.75) is 6.54 Å². The Bertz CT molecular complexity index is 208. The average Bonchev–Trinajstić information content (AvgIpc) is 2.17. The zero-order chi connectivity index (χ0) is 6.69. The molecule has 9 heavy (non-hydrogen) atoms. The van der Waals surface area contributed by atoms with Crippen LogP contribution in [0.25, 0.3) is 0 Å². The first-order valence-electron chi connectivity index (χ1n) is 2.35. The summed E-state index contributed by atoms with van der Waals surface area (Å²) >= 11 is 3.16. The molecular weight excluding hydrogens is 186 g/mol. The molecule has 0 saturated carbocycles. The largest absolute Gasteiger partial charge is 0.466 e. The molecule has 1 aromatic rings. The van der Waals surface area contributed by atoms with E-state index in [2.05, 4.69) is 21.1 Å². The van der Waals surface area contributed by atoms with Gasteiger partial charge in [0.1, 0.15) is 18.6 Å². The maximum atomic E-state index is 9.66. The maximum absolute atomic E-state index is 9.66. The molecule has 0 N–H and O–H groups in total. The molecule has 0 bridgehead atoms. The normalized spacial score (nSPS) is 9.44. The topological polar surface area (TPSA) is 42.6 Å². The van der Waals surface area contributed by atoms with E-state index in [0.29, 0.717) is 5.76 Å². The van der Waals surface area contributed by atoms with Gasteiger partial charge in [-0.2, -0.15) is 4.91 Å². The Kier molecular flexibility index (Phi) is 2.00. The van der Waals surface area contributed by atoms with Crippen LogP contribution in [0, 0.1) is 4.91 Å². The minimum Gasteiger partial charge on any atom is -0.466 e. The van der Waals surface area contributed by atoms with Crippen molar-refractivity contribution in [1.29, 1.82) is 0 Å². The SMILES string of the molecule is O=NCc1cc(Br)co1. The summed E-state index contributed by atoms with van der Waals surface area (Å²) in [6.45, 7) is 0.103. The van der Waals surface area contributed by atoms with Gasteiger partial charge in [-0.1, -0.05) is 5.18 Å². The van der Waals surface area contributed by atoms with E-state index in [1.54, 1.807) is 6.07 Å². The molecule has 0 aromatic carbocycles. The number of hydrogen-bond donors (Lipinski definition) is 0. The Balaban J connectivity index is 2.72. The van der Waals surface area contributed by atoms with Crippen LogP contribution in [0.3, 0.4) is 0 Å². The highest BCUT2D eigenvalue weighted by atomic mass is 79.9. The molecule has 4 heteroatoms. The third kappa shape index (κ3) is 1.64. The summed E-state index contributed by atoms with van der Waals surface area (Å²) in [5.41, 5.74) is 0. The highest BCUT2D eigenvalue weighted by Gasteiger charge is 1.96. The van der Waals surface area contributed by atoms with Gasteiger partial charge in [0.2, 0.25) is 0 Å². The van der Waals surface area contributed by atoms with E-state index < -0.39 is 0 Å². The lowest BCUT2D eigenvalue weighted by Gasteiger charge is -1.78. The van der Waals surface area contributed by atoms with Gasteiger partial charge >= 0.3 is 0 Å². The number of halogens is 1. The molecule has 1 aromatic heterocycles.